The number of carbonyl (C=O) groups excluding carboxylic acids is 1. The molecule has 0 amide bonds. The molecular weight excluding hydrogens is 429 g/mol. The van der Waals surface area contributed by atoms with Crippen LogP contribution in [0.15, 0.2) is 35.6 Å². The zero-order valence-electron chi connectivity index (χ0n) is 16.6. The van der Waals surface area contributed by atoms with Gasteiger partial charge in [0.1, 0.15) is 17.7 Å². The first kappa shape index (κ1) is 21.6. The van der Waals surface area contributed by atoms with Crippen LogP contribution in [-0.2, 0) is 12.0 Å². The smallest absolute Gasteiger partial charge is 0.234 e. The summed E-state index contributed by atoms with van der Waals surface area (Å²) in [4.78, 5) is 25.0. The van der Waals surface area contributed by atoms with Crippen molar-refractivity contribution in [2.24, 2.45) is 16.6 Å². The van der Waals surface area contributed by atoms with E-state index < -0.39 is 24.4 Å². The van der Waals surface area contributed by atoms with E-state index in [0.717, 1.165) is 0 Å². The van der Waals surface area contributed by atoms with Crippen LogP contribution in [-0.4, -0.2) is 39.7 Å². The van der Waals surface area contributed by atoms with Gasteiger partial charge in [-0.25, -0.2) is 23.1 Å². The van der Waals surface area contributed by atoms with E-state index in [0.29, 0.717) is 34.9 Å². The summed E-state index contributed by atoms with van der Waals surface area (Å²) in [7, 11) is 0. The number of fused-ring (bicyclic) bond motifs is 1. The number of aromatic nitrogens is 2. The predicted molar refractivity (Wildman–Crippen MR) is 111 cm³/mol. The maximum Gasteiger partial charge on any atom is 0.234 e. The normalized spacial score (nSPS) is 25.5. The van der Waals surface area contributed by atoms with Crippen LogP contribution in [0, 0.1) is 11.7 Å². The van der Waals surface area contributed by atoms with Crippen LogP contribution in [0.2, 0.25) is 0 Å². The molecule has 0 bridgehead atoms. The molecule has 1 fully saturated rings. The average molecular weight is 450 g/mol. The number of carbonyl (C=O) groups is 1. The van der Waals surface area contributed by atoms with E-state index in [2.05, 4.69) is 19.7 Å². The molecule has 1 aliphatic heterocycles. The highest BCUT2D eigenvalue weighted by molar-refractivity contribution is 8.13. The van der Waals surface area contributed by atoms with Crippen molar-refractivity contribution in [3.8, 4) is 5.88 Å². The number of benzene rings is 1. The van der Waals surface area contributed by atoms with Crippen molar-refractivity contribution < 1.29 is 22.7 Å². The van der Waals surface area contributed by atoms with Gasteiger partial charge in [-0.2, -0.15) is 0 Å². The number of ketones is 1. The van der Waals surface area contributed by atoms with Crippen LogP contribution in [0.4, 0.5) is 13.2 Å². The van der Waals surface area contributed by atoms with Gasteiger partial charge in [0.25, 0.3) is 0 Å². The monoisotopic (exact) mass is 450 g/mol. The summed E-state index contributed by atoms with van der Waals surface area (Å²) in [6.07, 6.45) is 2.33. The van der Waals surface area contributed by atoms with Gasteiger partial charge in [-0.05, 0) is 37.0 Å². The number of aliphatic imine (C=N–C) groups is 1. The molecule has 0 unspecified atom stereocenters. The van der Waals surface area contributed by atoms with Crippen molar-refractivity contribution in [3.05, 3.63) is 53.2 Å². The van der Waals surface area contributed by atoms with Crippen molar-refractivity contribution in [1.82, 2.24) is 9.97 Å². The molecule has 0 spiro atoms. The van der Waals surface area contributed by atoms with Crippen LogP contribution >= 0.6 is 11.8 Å². The van der Waals surface area contributed by atoms with E-state index in [1.54, 1.807) is 6.07 Å². The fourth-order valence-corrected chi connectivity index (χ4v) is 5.28. The van der Waals surface area contributed by atoms with Gasteiger partial charge in [-0.1, -0.05) is 17.8 Å². The second-order valence-electron chi connectivity index (χ2n) is 7.66. The van der Waals surface area contributed by atoms with Gasteiger partial charge in [-0.3, -0.25) is 9.79 Å². The number of amidine groups is 1. The molecule has 2 aromatic rings. The number of Topliss-reactive ketones (excluding diaryl/α,β-unsaturated/α-hetero) is 1. The Morgan fingerprint density at radius 2 is 2.16 bits per heavy atom. The number of ether oxygens (including phenoxy) is 1. The molecule has 1 aromatic carbocycles. The second kappa shape index (κ2) is 8.86. The third-order valence-electron chi connectivity index (χ3n) is 5.77. The summed E-state index contributed by atoms with van der Waals surface area (Å²) in [5, 5.41) is 0.361. The molecule has 0 saturated heterocycles. The number of halogens is 3. The van der Waals surface area contributed by atoms with E-state index in [4.69, 9.17) is 5.73 Å². The quantitative estimate of drug-likeness (QED) is 0.675. The first-order valence-electron chi connectivity index (χ1n) is 9.86. The van der Waals surface area contributed by atoms with Crippen molar-refractivity contribution in [2.75, 3.05) is 12.6 Å². The number of nitrogens with two attached hydrogens (primary N) is 1. The largest absolute Gasteiger partial charge is 0.445 e. The van der Waals surface area contributed by atoms with Crippen LogP contribution < -0.4 is 10.5 Å². The summed E-state index contributed by atoms with van der Waals surface area (Å²) in [6.45, 7) is -1.04. The zero-order valence-corrected chi connectivity index (χ0v) is 17.4. The molecule has 1 saturated carbocycles. The molecule has 2 heterocycles. The Labute approximate surface area is 181 Å². The Hall–Kier alpha value is -2.62. The van der Waals surface area contributed by atoms with Gasteiger partial charge in [0.05, 0.1) is 17.9 Å². The molecule has 1 aromatic heterocycles. The van der Waals surface area contributed by atoms with Gasteiger partial charge < -0.3 is 10.5 Å². The fourth-order valence-electron chi connectivity index (χ4n) is 4.27. The maximum absolute atomic E-state index is 15.0. The Balaban J connectivity index is 1.62. The highest BCUT2D eigenvalue weighted by Crippen LogP contribution is 2.50. The molecule has 2 aliphatic rings. The number of thioether (sulfide) groups is 1. The number of hydrogen-bond acceptors (Lipinski definition) is 7. The number of rotatable bonds is 6. The van der Waals surface area contributed by atoms with Gasteiger partial charge in [0.15, 0.2) is 11.0 Å². The highest BCUT2D eigenvalue weighted by atomic mass is 32.2. The van der Waals surface area contributed by atoms with E-state index in [-0.39, 0.29) is 36.1 Å². The Bertz CT molecular complexity index is 1000. The first-order valence-corrected chi connectivity index (χ1v) is 10.8. The topological polar surface area (TPSA) is 90.5 Å². The molecule has 164 valence electrons. The summed E-state index contributed by atoms with van der Waals surface area (Å²) >= 11 is 1.36. The van der Waals surface area contributed by atoms with E-state index in [1.165, 1.54) is 36.3 Å². The average Bonchev–Trinajstić information content (AvgIpc) is 2.76. The van der Waals surface area contributed by atoms with Crippen LogP contribution in [0.25, 0.3) is 0 Å². The van der Waals surface area contributed by atoms with Crippen LogP contribution in [0.3, 0.4) is 0 Å². The van der Waals surface area contributed by atoms with Crippen LogP contribution in [0.1, 0.15) is 40.9 Å². The third-order valence-corrected chi connectivity index (χ3v) is 6.73. The fraction of sp³-hybridized carbons (Fsp3) is 0.429. The number of nitrogens with zero attached hydrogens (tertiary/aromatic N) is 3. The van der Waals surface area contributed by atoms with Gasteiger partial charge in [-0.15, -0.1) is 0 Å². The lowest BCUT2D eigenvalue weighted by Crippen LogP contribution is -2.45. The molecule has 2 N–H and O–H groups in total. The van der Waals surface area contributed by atoms with E-state index in [1.807, 2.05) is 0 Å². The standard InChI is InChI=1S/C21H21F3N4O2S/c22-11-30-19-9-26-17(8-27-19)18(29)6-12-1-2-16(24)15(5-12)21-4-3-14(23)7-13(21)10-31-20(25)28-21/h1-2,5,8-9,13-14H,3-4,6-7,10-11H2,(H2,25,28)/t13-,14+,21-/m0/s1. The lowest BCUT2D eigenvalue weighted by Gasteiger charge is -2.45. The first-order chi connectivity index (χ1) is 14.9. The summed E-state index contributed by atoms with van der Waals surface area (Å²) in [5.41, 5.74) is 6.05. The maximum atomic E-state index is 15.0. The van der Waals surface area contributed by atoms with Crippen molar-refractivity contribution >= 4 is 22.7 Å². The summed E-state index contributed by atoms with van der Waals surface area (Å²) < 4.78 is 45.8. The van der Waals surface area contributed by atoms with Gasteiger partial charge in [0.2, 0.25) is 12.7 Å². The van der Waals surface area contributed by atoms with Crippen molar-refractivity contribution in [3.63, 3.8) is 0 Å². The van der Waals surface area contributed by atoms with E-state index >= 15 is 0 Å². The van der Waals surface area contributed by atoms with Crippen LogP contribution in [0.5, 0.6) is 5.88 Å². The minimum Gasteiger partial charge on any atom is -0.445 e. The lowest BCUT2D eigenvalue weighted by molar-refractivity contribution is 0.0987. The van der Waals surface area contributed by atoms with Gasteiger partial charge >= 0.3 is 0 Å². The molecule has 10 heteroatoms. The number of hydrogen-bond donors (Lipinski definition) is 1. The Morgan fingerprint density at radius 3 is 2.90 bits per heavy atom. The minimum absolute atomic E-state index is 0.0256. The third kappa shape index (κ3) is 4.39. The summed E-state index contributed by atoms with van der Waals surface area (Å²) in [5.74, 6) is -0.415. The minimum atomic E-state index is -1.04. The van der Waals surface area contributed by atoms with E-state index in [9.17, 15) is 18.0 Å². The molecule has 1 aliphatic carbocycles. The van der Waals surface area contributed by atoms with Crippen molar-refractivity contribution in [1.29, 1.82) is 0 Å². The summed E-state index contributed by atoms with van der Waals surface area (Å²) in [6, 6.07) is 4.46. The molecular formula is C21H21F3N4O2S. The number of alkyl halides is 2. The molecule has 0 radical (unpaired) electrons. The molecule has 6 nitrogen and oxygen atoms in total. The van der Waals surface area contributed by atoms with Gasteiger partial charge in [0, 0.05) is 23.7 Å². The zero-order chi connectivity index (χ0) is 22.0. The molecule has 31 heavy (non-hydrogen) atoms. The van der Waals surface area contributed by atoms with Crippen molar-refractivity contribution in [2.45, 2.75) is 37.4 Å². The lowest BCUT2D eigenvalue weighted by atomic mass is 9.68. The SMILES string of the molecule is NC1=N[C@@]2(c3cc(CC(=O)c4cnc(OCF)cn4)ccc3F)CC[C@@H](F)C[C@H]2CS1. The predicted octanol–water partition coefficient (Wildman–Crippen LogP) is 3.74. The highest BCUT2D eigenvalue weighted by Gasteiger charge is 2.48. The molecule has 4 rings (SSSR count). The molecule has 3 atom stereocenters. The Kier molecular flexibility index (Phi) is 6.17. The second-order valence-corrected chi connectivity index (χ2v) is 8.70. The Morgan fingerprint density at radius 1 is 1.32 bits per heavy atom.